The molecule has 1 aliphatic rings. The predicted octanol–water partition coefficient (Wildman–Crippen LogP) is 4.95. The second kappa shape index (κ2) is 8.90. The molecule has 0 unspecified atom stereocenters. The van der Waals surface area contributed by atoms with Crippen LogP contribution in [-0.4, -0.2) is 21.5 Å². The van der Waals surface area contributed by atoms with Crippen LogP contribution in [0, 0.1) is 6.92 Å². The van der Waals surface area contributed by atoms with Crippen LogP contribution in [0.15, 0.2) is 71.4 Å². The van der Waals surface area contributed by atoms with Crippen LogP contribution in [0.1, 0.15) is 56.2 Å². The number of carbonyl (C=O) groups excluding carboxylic acids is 2. The number of benzene rings is 2. The molecule has 5 rings (SSSR count). The minimum absolute atomic E-state index is 0.0675. The van der Waals surface area contributed by atoms with Crippen molar-refractivity contribution in [1.29, 1.82) is 0 Å². The third-order valence-electron chi connectivity index (χ3n) is 6.14. The molecule has 1 aliphatic carbocycles. The van der Waals surface area contributed by atoms with Crippen molar-refractivity contribution in [3.63, 3.8) is 0 Å². The predicted molar refractivity (Wildman–Crippen MR) is 125 cm³/mol. The molecule has 0 bridgehead atoms. The van der Waals surface area contributed by atoms with Crippen LogP contribution in [0.2, 0.25) is 0 Å². The summed E-state index contributed by atoms with van der Waals surface area (Å²) in [6.07, 6.45) is 5.71. The quantitative estimate of drug-likeness (QED) is 0.461. The van der Waals surface area contributed by atoms with Gasteiger partial charge in [0.2, 0.25) is 0 Å². The van der Waals surface area contributed by atoms with E-state index in [-0.39, 0.29) is 17.5 Å². The van der Waals surface area contributed by atoms with Crippen LogP contribution in [0.5, 0.6) is 0 Å². The summed E-state index contributed by atoms with van der Waals surface area (Å²) in [7, 11) is 0. The number of aryl methyl sites for hydroxylation is 1. The zero-order chi connectivity index (χ0) is 22.8. The van der Waals surface area contributed by atoms with E-state index in [0.29, 0.717) is 36.3 Å². The van der Waals surface area contributed by atoms with Crippen LogP contribution in [-0.2, 0) is 19.5 Å². The van der Waals surface area contributed by atoms with E-state index in [1.165, 1.54) is 5.56 Å². The lowest BCUT2D eigenvalue weighted by Crippen LogP contribution is -2.23. The van der Waals surface area contributed by atoms with Crippen molar-refractivity contribution in [2.75, 3.05) is 0 Å². The van der Waals surface area contributed by atoms with Crippen molar-refractivity contribution >= 4 is 11.7 Å². The third kappa shape index (κ3) is 4.24. The molecular weight excluding hydrogens is 414 g/mol. The van der Waals surface area contributed by atoms with Gasteiger partial charge < -0.3 is 9.73 Å². The number of nitrogens with zero attached hydrogens (tertiary/aromatic N) is 2. The molecule has 0 aliphatic heterocycles. The fourth-order valence-electron chi connectivity index (χ4n) is 4.45. The van der Waals surface area contributed by atoms with Gasteiger partial charge in [0.05, 0.1) is 12.1 Å². The lowest BCUT2D eigenvalue weighted by Gasteiger charge is -2.11. The first kappa shape index (κ1) is 20.9. The lowest BCUT2D eigenvalue weighted by atomic mass is 9.94. The number of furan rings is 1. The van der Waals surface area contributed by atoms with Gasteiger partial charge in [-0.2, -0.15) is 5.10 Å². The van der Waals surface area contributed by atoms with Gasteiger partial charge in [-0.15, -0.1) is 0 Å². The molecule has 0 saturated carbocycles. The van der Waals surface area contributed by atoms with E-state index >= 15 is 0 Å². The highest BCUT2D eigenvalue weighted by Crippen LogP contribution is 2.29. The van der Waals surface area contributed by atoms with Crippen LogP contribution in [0.4, 0.5) is 0 Å². The Morgan fingerprint density at radius 2 is 1.91 bits per heavy atom. The summed E-state index contributed by atoms with van der Waals surface area (Å²) < 4.78 is 7.68. The smallest absolute Gasteiger partial charge is 0.287 e. The van der Waals surface area contributed by atoms with Crippen LogP contribution >= 0.6 is 0 Å². The van der Waals surface area contributed by atoms with Crippen LogP contribution < -0.4 is 5.32 Å². The second-order valence-electron chi connectivity index (χ2n) is 8.37. The molecule has 0 spiro atoms. The minimum atomic E-state index is -0.293. The fraction of sp³-hybridized carbons (Fsp3) is 0.222. The Balaban J connectivity index is 1.32. The first-order valence-corrected chi connectivity index (χ1v) is 11.2. The number of hydrogen-bond donors (Lipinski definition) is 1. The highest BCUT2D eigenvalue weighted by molar-refractivity contribution is 6.03. The van der Waals surface area contributed by atoms with Gasteiger partial charge in [-0.25, -0.2) is 0 Å². The number of hydrogen-bond acceptors (Lipinski definition) is 4. The Hall–Kier alpha value is -3.93. The topological polar surface area (TPSA) is 77.1 Å². The maximum atomic E-state index is 12.9. The maximum absolute atomic E-state index is 12.9. The summed E-state index contributed by atoms with van der Waals surface area (Å²) in [5.74, 6) is 0.664. The number of Topliss-reactive ketones (excluding diaryl/α,β-unsaturated/α-hetero) is 1. The van der Waals surface area contributed by atoms with E-state index in [1.54, 1.807) is 13.1 Å². The van der Waals surface area contributed by atoms with E-state index in [9.17, 15) is 9.59 Å². The monoisotopic (exact) mass is 439 g/mol. The molecule has 4 aromatic rings. The Kier molecular flexibility index (Phi) is 5.65. The normalized spacial score (nSPS) is 13.1. The van der Waals surface area contributed by atoms with Gasteiger partial charge >= 0.3 is 0 Å². The summed E-state index contributed by atoms with van der Waals surface area (Å²) in [6, 6.07) is 18.3. The Morgan fingerprint density at radius 3 is 2.67 bits per heavy atom. The zero-order valence-electron chi connectivity index (χ0n) is 18.5. The standard InChI is InChI=1S/C27H25N3O3/c1-18-25-23(31)8-4-9-24(25)33-26(18)27(32)28-16-21-6-2-3-7-22(21)20-12-10-19(11-13-20)17-30-15-5-14-29-30/h2-3,5-7,10-15H,4,8-9,16-17H2,1H3,(H,28,32). The Labute approximate surface area is 192 Å². The molecular formula is C27H25N3O3. The summed E-state index contributed by atoms with van der Waals surface area (Å²) in [5, 5.41) is 7.23. The van der Waals surface area contributed by atoms with Crippen LogP contribution in [0.25, 0.3) is 11.1 Å². The molecule has 0 atom stereocenters. The summed E-state index contributed by atoms with van der Waals surface area (Å²) in [5.41, 5.74) is 5.57. The molecule has 2 aromatic carbocycles. The molecule has 1 N–H and O–H groups in total. The Morgan fingerprint density at radius 1 is 1.09 bits per heavy atom. The summed E-state index contributed by atoms with van der Waals surface area (Å²) >= 11 is 0. The van der Waals surface area contributed by atoms with Gasteiger partial charge in [0.15, 0.2) is 11.5 Å². The van der Waals surface area contributed by atoms with Crippen molar-refractivity contribution < 1.29 is 14.0 Å². The van der Waals surface area contributed by atoms with E-state index in [2.05, 4.69) is 40.7 Å². The molecule has 0 fully saturated rings. The van der Waals surface area contributed by atoms with E-state index < -0.39 is 0 Å². The van der Waals surface area contributed by atoms with Crippen LogP contribution in [0.3, 0.4) is 0 Å². The highest BCUT2D eigenvalue weighted by Gasteiger charge is 2.28. The number of rotatable bonds is 6. The lowest BCUT2D eigenvalue weighted by molar-refractivity contribution is 0.0917. The number of carbonyl (C=O) groups is 2. The van der Waals surface area contributed by atoms with Crippen molar-refractivity contribution in [3.05, 3.63) is 101 Å². The van der Waals surface area contributed by atoms with Gasteiger partial charge in [-0.05, 0) is 41.7 Å². The fourth-order valence-corrected chi connectivity index (χ4v) is 4.45. The molecule has 6 heteroatoms. The molecule has 6 nitrogen and oxygen atoms in total. The van der Waals surface area contributed by atoms with E-state index in [0.717, 1.165) is 29.7 Å². The second-order valence-corrected chi connectivity index (χ2v) is 8.37. The Bertz CT molecular complexity index is 1300. The molecule has 33 heavy (non-hydrogen) atoms. The molecule has 166 valence electrons. The first-order chi connectivity index (χ1) is 16.1. The van der Waals surface area contributed by atoms with E-state index in [1.807, 2.05) is 35.1 Å². The van der Waals surface area contributed by atoms with Gasteiger partial charge in [0.25, 0.3) is 5.91 Å². The van der Waals surface area contributed by atoms with Gasteiger partial charge in [-0.3, -0.25) is 14.3 Å². The summed E-state index contributed by atoms with van der Waals surface area (Å²) in [6.45, 7) is 2.88. The van der Waals surface area contributed by atoms with Crippen molar-refractivity contribution in [2.24, 2.45) is 0 Å². The molecule has 2 aromatic heterocycles. The maximum Gasteiger partial charge on any atom is 0.287 e. The SMILES string of the molecule is Cc1c(C(=O)NCc2ccccc2-c2ccc(Cn3cccn3)cc2)oc2c1C(=O)CCC2. The average Bonchev–Trinajstić information content (AvgIpc) is 3.46. The van der Waals surface area contributed by atoms with Gasteiger partial charge in [-0.1, -0.05) is 48.5 Å². The number of aromatic nitrogens is 2. The van der Waals surface area contributed by atoms with Gasteiger partial charge in [0.1, 0.15) is 5.76 Å². The molecule has 2 heterocycles. The number of ketones is 1. The number of nitrogens with one attached hydrogen (secondary N) is 1. The van der Waals surface area contributed by atoms with Crippen molar-refractivity contribution in [1.82, 2.24) is 15.1 Å². The zero-order valence-corrected chi connectivity index (χ0v) is 18.5. The van der Waals surface area contributed by atoms with Gasteiger partial charge in [0, 0.05) is 37.3 Å². The number of amides is 1. The van der Waals surface area contributed by atoms with Crippen molar-refractivity contribution in [2.45, 2.75) is 39.3 Å². The minimum Gasteiger partial charge on any atom is -0.455 e. The highest BCUT2D eigenvalue weighted by atomic mass is 16.4. The molecule has 0 radical (unpaired) electrons. The molecule has 0 saturated heterocycles. The van der Waals surface area contributed by atoms with E-state index in [4.69, 9.17) is 4.42 Å². The third-order valence-corrected chi connectivity index (χ3v) is 6.14. The largest absolute Gasteiger partial charge is 0.455 e. The summed E-state index contributed by atoms with van der Waals surface area (Å²) in [4.78, 5) is 25.1. The molecule has 1 amide bonds. The van der Waals surface area contributed by atoms with Crippen molar-refractivity contribution in [3.8, 4) is 11.1 Å². The number of fused-ring (bicyclic) bond motifs is 1. The first-order valence-electron chi connectivity index (χ1n) is 11.2. The average molecular weight is 440 g/mol.